The Morgan fingerprint density at radius 2 is 0.824 bits per heavy atom. The number of unbranched alkanes of at least 4 members (excludes halogenated alkanes) is 29. The summed E-state index contributed by atoms with van der Waals surface area (Å²) >= 11 is 0. The maximum atomic E-state index is 13.1. The number of rotatable bonds is 41. The number of hydrogen-bond donors (Lipinski definition) is 3. The summed E-state index contributed by atoms with van der Waals surface area (Å²) in [6, 6.07) is -0.689. The molecule has 3 N–H and O–H groups in total. The van der Waals surface area contributed by atoms with Gasteiger partial charge in [-0.2, -0.15) is 0 Å². The van der Waals surface area contributed by atoms with Crippen LogP contribution in [0.3, 0.4) is 0 Å². The fraction of sp³-hybridized carbons (Fsp3) is 0.956. The topological polar surface area (TPSA) is 95.9 Å². The lowest BCUT2D eigenvalue weighted by molar-refractivity contribution is -0.151. The number of carbonyl (C=O) groups excluding carboxylic acids is 2. The molecule has 6 nitrogen and oxygen atoms in total. The van der Waals surface area contributed by atoms with Crippen LogP contribution in [0.25, 0.3) is 0 Å². The van der Waals surface area contributed by atoms with E-state index >= 15 is 0 Å². The van der Waals surface area contributed by atoms with E-state index in [0.29, 0.717) is 19.3 Å². The predicted octanol–water partition coefficient (Wildman–Crippen LogP) is 12.8. The fourth-order valence-corrected chi connectivity index (χ4v) is 7.20. The Balaban J connectivity index is 4.45. The van der Waals surface area contributed by atoms with Gasteiger partial charge in [0.2, 0.25) is 5.91 Å². The van der Waals surface area contributed by atoms with E-state index in [1.54, 1.807) is 0 Å². The molecule has 304 valence electrons. The molecule has 0 radical (unpaired) electrons. The number of ether oxygens (including phenoxy) is 1. The molecule has 6 heteroatoms. The third-order valence-corrected chi connectivity index (χ3v) is 10.7. The van der Waals surface area contributed by atoms with Crippen molar-refractivity contribution in [1.82, 2.24) is 5.32 Å². The quantitative estimate of drug-likeness (QED) is 0.0431. The number of hydrogen-bond acceptors (Lipinski definition) is 5. The first kappa shape index (κ1) is 49.9. The average Bonchev–Trinajstić information content (AvgIpc) is 3.12. The molecule has 0 aromatic heterocycles. The van der Waals surface area contributed by atoms with Crippen molar-refractivity contribution in [3.63, 3.8) is 0 Å². The summed E-state index contributed by atoms with van der Waals surface area (Å²) in [6.07, 6.45) is 40.2. The van der Waals surface area contributed by atoms with E-state index in [0.717, 1.165) is 44.9 Å². The van der Waals surface area contributed by atoms with Crippen molar-refractivity contribution < 1.29 is 24.5 Å². The molecule has 3 atom stereocenters. The lowest BCUT2D eigenvalue weighted by atomic mass is 10.0. The zero-order chi connectivity index (χ0) is 37.5. The van der Waals surface area contributed by atoms with Gasteiger partial charge in [-0.25, -0.2) is 0 Å². The van der Waals surface area contributed by atoms with Crippen molar-refractivity contribution in [2.75, 3.05) is 6.61 Å². The highest BCUT2D eigenvalue weighted by molar-refractivity contribution is 5.77. The predicted molar refractivity (Wildman–Crippen MR) is 218 cm³/mol. The van der Waals surface area contributed by atoms with Crippen molar-refractivity contribution >= 4 is 11.9 Å². The highest BCUT2D eigenvalue weighted by atomic mass is 16.5. The maximum Gasteiger partial charge on any atom is 0.306 e. The Morgan fingerprint density at radius 3 is 1.20 bits per heavy atom. The van der Waals surface area contributed by atoms with Crippen LogP contribution in [0.15, 0.2) is 0 Å². The van der Waals surface area contributed by atoms with Crippen LogP contribution in [0.1, 0.15) is 252 Å². The summed E-state index contributed by atoms with van der Waals surface area (Å²) < 4.78 is 5.88. The van der Waals surface area contributed by atoms with Gasteiger partial charge < -0.3 is 20.3 Å². The average molecular weight is 724 g/mol. The number of aliphatic hydroxyl groups excluding tert-OH is 2. The van der Waals surface area contributed by atoms with Crippen LogP contribution in [-0.2, 0) is 14.3 Å². The molecule has 0 heterocycles. The Labute approximate surface area is 317 Å². The zero-order valence-electron chi connectivity index (χ0n) is 34.5. The highest BCUT2D eigenvalue weighted by Gasteiger charge is 2.24. The van der Waals surface area contributed by atoms with E-state index in [-0.39, 0.29) is 24.9 Å². The smallest absolute Gasteiger partial charge is 0.306 e. The second-order valence-electron chi connectivity index (χ2n) is 15.8. The van der Waals surface area contributed by atoms with Gasteiger partial charge in [0.1, 0.15) is 6.10 Å². The van der Waals surface area contributed by atoms with Crippen molar-refractivity contribution in [2.45, 2.75) is 270 Å². The third-order valence-electron chi connectivity index (χ3n) is 10.7. The third kappa shape index (κ3) is 35.6. The summed E-state index contributed by atoms with van der Waals surface area (Å²) in [7, 11) is 0. The minimum absolute atomic E-state index is 0.0858. The highest BCUT2D eigenvalue weighted by Crippen LogP contribution is 2.18. The second kappa shape index (κ2) is 40.1. The lowest BCUT2D eigenvalue weighted by Crippen LogP contribution is -2.46. The summed E-state index contributed by atoms with van der Waals surface area (Å²) in [6.45, 7) is 6.46. The lowest BCUT2D eigenvalue weighted by Gasteiger charge is -2.24. The monoisotopic (exact) mass is 724 g/mol. The first-order chi connectivity index (χ1) is 25.0. The Bertz CT molecular complexity index is 731. The fourth-order valence-electron chi connectivity index (χ4n) is 7.20. The molecule has 0 saturated heterocycles. The minimum Gasteiger partial charge on any atom is -0.462 e. The van der Waals surface area contributed by atoms with Gasteiger partial charge in [-0.05, 0) is 25.7 Å². The number of aliphatic hydroxyl groups is 2. The molecule has 0 rings (SSSR count). The standard InChI is InChI=1S/C45H89NO5/c1-4-7-10-13-16-19-21-22-24-26-29-32-35-38-45(50)51-41(36-33-30-27-18-15-12-9-6-3)39-44(49)46-42(40-47)43(48)37-34-31-28-25-23-20-17-14-11-8-5-2/h41-43,47-48H,4-40H2,1-3H3,(H,46,49). The summed E-state index contributed by atoms with van der Waals surface area (Å²) in [5.74, 6) is -0.462. The van der Waals surface area contributed by atoms with Gasteiger partial charge in [-0.3, -0.25) is 9.59 Å². The van der Waals surface area contributed by atoms with E-state index < -0.39 is 18.2 Å². The Morgan fingerprint density at radius 1 is 0.490 bits per heavy atom. The molecule has 51 heavy (non-hydrogen) atoms. The molecule has 0 aliphatic rings. The number of amides is 1. The van der Waals surface area contributed by atoms with E-state index in [1.165, 1.54) is 161 Å². The van der Waals surface area contributed by atoms with Gasteiger partial charge in [-0.1, -0.05) is 213 Å². The van der Waals surface area contributed by atoms with Gasteiger partial charge in [-0.15, -0.1) is 0 Å². The van der Waals surface area contributed by atoms with E-state index in [2.05, 4.69) is 26.1 Å². The van der Waals surface area contributed by atoms with Gasteiger partial charge >= 0.3 is 5.97 Å². The Hall–Kier alpha value is -1.14. The number of esters is 1. The summed E-state index contributed by atoms with van der Waals surface area (Å²) in [5, 5.41) is 23.6. The molecule has 0 bridgehead atoms. The molecule has 0 fully saturated rings. The first-order valence-electron chi connectivity index (χ1n) is 22.8. The molecule has 0 aromatic rings. The van der Waals surface area contributed by atoms with Crippen molar-refractivity contribution in [3.8, 4) is 0 Å². The maximum absolute atomic E-state index is 13.1. The van der Waals surface area contributed by atoms with Crippen molar-refractivity contribution in [3.05, 3.63) is 0 Å². The van der Waals surface area contributed by atoms with Crippen molar-refractivity contribution in [1.29, 1.82) is 0 Å². The van der Waals surface area contributed by atoms with Crippen LogP contribution in [0.4, 0.5) is 0 Å². The molecule has 0 aromatic carbocycles. The summed E-state index contributed by atoms with van der Waals surface area (Å²) in [4.78, 5) is 25.9. The minimum atomic E-state index is -0.776. The Kier molecular flexibility index (Phi) is 39.2. The first-order valence-corrected chi connectivity index (χ1v) is 22.8. The SMILES string of the molecule is CCCCCCCCCCCCCCCC(=O)OC(CCCCCCCCCC)CC(=O)NC(CO)C(O)CCCCCCCCCCCCC. The van der Waals surface area contributed by atoms with Crippen LogP contribution in [0, 0.1) is 0 Å². The molecular formula is C45H89NO5. The van der Waals surface area contributed by atoms with Crippen molar-refractivity contribution in [2.24, 2.45) is 0 Å². The van der Waals surface area contributed by atoms with Gasteiger partial charge in [0.05, 0.1) is 25.2 Å². The number of carbonyl (C=O) groups is 2. The van der Waals surface area contributed by atoms with E-state index in [4.69, 9.17) is 4.74 Å². The number of nitrogens with one attached hydrogen (secondary N) is 1. The molecular weight excluding hydrogens is 634 g/mol. The van der Waals surface area contributed by atoms with E-state index in [1.807, 2.05) is 0 Å². The molecule has 3 unspecified atom stereocenters. The van der Waals surface area contributed by atoms with Crippen LogP contribution in [0.5, 0.6) is 0 Å². The second-order valence-corrected chi connectivity index (χ2v) is 15.8. The molecule has 0 aliphatic heterocycles. The normalized spacial score (nSPS) is 13.3. The van der Waals surface area contributed by atoms with Crippen LogP contribution >= 0.6 is 0 Å². The van der Waals surface area contributed by atoms with Crippen LogP contribution in [0.2, 0.25) is 0 Å². The zero-order valence-corrected chi connectivity index (χ0v) is 34.5. The van der Waals surface area contributed by atoms with Crippen LogP contribution < -0.4 is 5.32 Å². The molecule has 0 aliphatic carbocycles. The van der Waals surface area contributed by atoms with E-state index in [9.17, 15) is 19.8 Å². The van der Waals surface area contributed by atoms with Gasteiger partial charge in [0.15, 0.2) is 0 Å². The molecule has 0 spiro atoms. The van der Waals surface area contributed by atoms with Gasteiger partial charge in [0, 0.05) is 6.42 Å². The largest absolute Gasteiger partial charge is 0.462 e. The van der Waals surface area contributed by atoms with Crippen LogP contribution in [-0.4, -0.2) is 46.9 Å². The van der Waals surface area contributed by atoms with Gasteiger partial charge in [0.25, 0.3) is 0 Å². The molecule has 1 amide bonds. The molecule has 0 saturated carbocycles. The summed E-state index contributed by atoms with van der Waals surface area (Å²) in [5.41, 5.74) is 0.